The number of carbonyl (C=O) groups is 1. The van der Waals surface area contributed by atoms with Gasteiger partial charge in [-0.1, -0.05) is 18.2 Å². The highest BCUT2D eigenvalue weighted by Gasteiger charge is 2.13. The summed E-state index contributed by atoms with van der Waals surface area (Å²) in [5.41, 5.74) is 4.48. The molecule has 0 saturated heterocycles. The average molecular weight is 319 g/mol. The van der Waals surface area contributed by atoms with Crippen LogP contribution in [0.4, 0.5) is 5.69 Å². The summed E-state index contributed by atoms with van der Waals surface area (Å²) in [4.78, 5) is 20.5. The average Bonchev–Trinajstić information content (AvgIpc) is 3.24. The smallest absolute Gasteiger partial charge is 0.250 e. The standard InChI is InChI=1S/C18H17N5O/c24-17(10-13-5-6-14-3-1-4-15(14)9-13)22-16-11-21-23(12-16)18-19-7-2-8-20-18/h2,5-9,11-12H,1,3-4,10H2,(H,22,24). The molecule has 1 aromatic carbocycles. The van der Waals surface area contributed by atoms with E-state index >= 15 is 0 Å². The van der Waals surface area contributed by atoms with Crippen LogP contribution >= 0.6 is 0 Å². The Balaban J connectivity index is 1.42. The van der Waals surface area contributed by atoms with Crippen LogP contribution in [0.15, 0.2) is 49.1 Å². The summed E-state index contributed by atoms with van der Waals surface area (Å²) < 4.78 is 1.53. The van der Waals surface area contributed by atoms with Gasteiger partial charge in [-0.05, 0) is 42.0 Å². The minimum atomic E-state index is -0.0542. The van der Waals surface area contributed by atoms with Crippen molar-refractivity contribution in [2.75, 3.05) is 5.32 Å². The highest BCUT2D eigenvalue weighted by atomic mass is 16.1. The molecule has 0 atom stereocenters. The highest BCUT2D eigenvalue weighted by molar-refractivity contribution is 5.92. The van der Waals surface area contributed by atoms with Gasteiger partial charge in [-0.3, -0.25) is 4.79 Å². The molecule has 6 heteroatoms. The second kappa shape index (κ2) is 6.23. The maximum Gasteiger partial charge on any atom is 0.250 e. The van der Waals surface area contributed by atoms with E-state index in [1.807, 2.05) is 6.07 Å². The van der Waals surface area contributed by atoms with E-state index < -0.39 is 0 Å². The van der Waals surface area contributed by atoms with E-state index in [9.17, 15) is 4.79 Å². The van der Waals surface area contributed by atoms with Gasteiger partial charge >= 0.3 is 0 Å². The van der Waals surface area contributed by atoms with Crippen LogP contribution in [0, 0.1) is 0 Å². The quantitative estimate of drug-likeness (QED) is 0.801. The molecular weight excluding hydrogens is 302 g/mol. The molecule has 0 fully saturated rings. The summed E-state index contributed by atoms with van der Waals surface area (Å²) in [6, 6.07) is 8.09. The van der Waals surface area contributed by atoms with Gasteiger partial charge in [0.05, 0.1) is 24.5 Å². The van der Waals surface area contributed by atoms with Gasteiger partial charge in [-0.2, -0.15) is 5.10 Å². The first-order valence-corrected chi connectivity index (χ1v) is 8.00. The molecule has 2 aromatic heterocycles. The first-order chi connectivity index (χ1) is 11.8. The van der Waals surface area contributed by atoms with Crippen molar-refractivity contribution in [1.82, 2.24) is 19.7 Å². The summed E-state index contributed by atoms with van der Waals surface area (Å²) >= 11 is 0. The number of hydrogen-bond donors (Lipinski definition) is 1. The third-order valence-corrected chi connectivity index (χ3v) is 4.15. The number of amides is 1. The zero-order valence-electron chi connectivity index (χ0n) is 13.1. The second-order valence-corrected chi connectivity index (χ2v) is 5.90. The molecule has 0 saturated carbocycles. The van der Waals surface area contributed by atoms with Crippen molar-refractivity contribution in [3.05, 3.63) is 65.7 Å². The van der Waals surface area contributed by atoms with Crippen LogP contribution in [0.3, 0.4) is 0 Å². The van der Waals surface area contributed by atoms with Gasteiger partial charge < -0.3 is 5.32 Å². The van der Waals surface area contributed by atoms with Gasteiger partial charge in [-0.25, -0.2) is 14.6 Å². The van der Waals surface area contributed by atoms with E-state index in [2.05, 4.69) is 32.5 Å². The Bertz CT molecular complexity index is 872. The first kappa shape index (κ1) is 14.6. The Morgan fingerprint density at radius 1 is 1.17 bits per heavy atom. The van der Waals surface area contributed by atoms with Crippen LogP contribution in [0.25, 0.3) is 5.95 Å². The van der Waals surface area contributed by atoms with Crippen LogP contribution in [0.1, 0.15) is 23.1 Å². The number of hydrogen-bond acceptors (Lipinski definition) is 4. The molecule has 4 rings (SSSR count). The molecule has 1 amide bonds. The van der Waals surface area contributed by atoms with Crippen LogP contribution in [0.2, 0.25) is 0 Å². The molecule has 0 radical (unpaired) electrons. The highest BCUT2D eigenvalue weighted by Crippen LogP contribution is 2.23. The third kappa shape index (κ3) is 3.03. The molecule has 1 aliphatic rings. The summed E-state index contributed by atoms with van der Waals surface area (Å²) in [7, 11) is 0. The number of aryl methyl sites for hydroxylation is 2. The van der Waals surface area contributed by atoms with E-state index in [1.54, 1.807) is 30.9 Å². The summed E-state index contributed by atoms with van der Waals surface area (Å²) in [5.74, 6) is 0.415. The van der Waals surface area contributed by atoms with Gasteiger partial charge in [0.1, 0.15) is 0 Å². The predicted molar refractivity (Wildman–Crippen MR) is 90.0 cm³/mol. The zero-order valence-corrected chi connectivity index (χ0v) is 13.1. The van der Waals surface area contributed by atoms with Crippen LogP contribution < -0.4 is 5.32 Å². The van der Waals surface area contributed by atoms with E-state index in [0.717, 1.165) is 18.4 Å². The number of nitrogens with one attached hydrogen (secondary N) is 1. The normalized spacial score (nSPS) is 12.8. The van der Waals surface area contributed by atoms with Crippen molar-refractivity contribution >= 4 is 11.6 Å². The SMILES string of the molecule is O=C(Cc1ccc2c(c1)CCC2)Nc1cnn(-c2ncccn2)c1. The molecule has 1 N–H and O–H groups in total. The predicted octanol–water partition coefficient (Wildman–Crippen LogP) is 2.33. The van der Waals surface area contributed by atoms with Crippen molar-refractivity contribution in [1.29, 1.82) is 0 Å². The molecular formula is C18H17N5O. The molecule has 2 heterocycles. The lowest BCUT2D eigenvalue weighted by molar-refractivity contribution is -0.115. The fourth-order valence-corrected chi connectivity index (χ4v) is 3.03. The third-order valence-electron chi connectivity index (χ3n) is 4.15. The maximum absolute atomic E-state index is 12.2. The molecule has 0 unspecified atom stereocenters. The Kier molecular flexibility index (Phi) is 3.78. The lowest BCUT2D eigenvalue weighted by Gasteiger charge is -2.05. The molecule has 0 spiro atoms. The number of carbonyl (C=O) groups excluding carboxylic acids is 1. The van der Waals surface area contributed by atoms with Gasteiger partial charge in [0, 0.05) is 12.4 Å². The van der Waals surface area contributed by atoms with Crippen LogP contribution in [-0.4, -0.2) is 25.7 Å². The van der Waals surface area contributed by atoms with Gasteiger partial charge in [0.2, 0.25) is 11.9 Å². The minimum Gasteiger partial charge on any atom is -0.323 e. The Morgan fingerprint density at radius 2 is 2.00 bits per heavy atom. The molecule has 24 heavy (non-hydrogen) atoms. The summed E-state index contributed by atoms with van der Waals surface area (Å²) in [6.07, 6.45) is 10.4. The monoisotopic (exact) mass is 319 g/mol. The number of fused-ring (bicyclic) bond motifs is 1. The fraction of sp³-hybridized carbons (Fsp3) is 0.222. The zero-order chi connectivity index (χ0) is 16.4. The largest absolute Gasteiger partial charge is 0.323 e. The lowest BCUT2D eigenvalue weighted by Crippen LogP contribution is -2.14. The van der Waals surface area contributed by atoms with Crippen molar-refractivity contribution < 1.29 is 4.79 Å². The molecule has 0 aliphatic heterocycles. The van der Waals surface area contributed by atoms with Crippen molar-refractivity contribution in [3.8, 4) is 5.95 Å². The Hall–Kier alpha value is -3.02. The lowest BCUT2D eigenvalue weighted by atomic mass is 10.0. The molecule has 1 aliphatic carbocycles. The fourth-order valence-electron chi connectivity index (χ4n) is 3.03. The number of rotatable bonds is 4. The molecule has 3 aromatic rings. The topological polar surface area (TPSA) is 72.7 Å². The summed E-state index contributed by atoms with van der Waals surface area (Å²) in [5, 5.41) is 7.04. The van der Waals surface area contributed by atoms with Crippen molar-refractivity contribution in [2.45, 2.75) is 25.7 Å². The van der Waals surface area contributed by atoms with Gasteiger partial charge in [-0.15, -0.1) is 0 Å². The molecule has 6 nitrogen and oxygen atoms in total. The van der Waals surface area contributed by atoms with E-state index in [-0.39, 0.29) is 5.91 Å². The molecule has 120 valence electrons. The van der Waals surface area contributed by atoms with E-state index in [1.165, 1.54) is 22.2 Å². The summed E-state index contributed by atoms with van der Waals surface area (Å²) in [6.45, 7) is 0. The number of aromatic nitrogens is 4. The molecule has 0 bridgehead atoms. The minimum absolute atomic E-state index is 0.0542. The number of nitrogens with zero attached hydrogens (tertiary/aromatic N) is 4. The first-order valence-electron chi connectivity index (χ1n) is 8.00. The van der Waals surface area contributed by atoms with Crippen molar-refractivity contribution in [3.63, 3.8) is 0 Å². The number of anilines is 1. The van der Waals surface area contributed by atoms with Gasteiger partial charge in [0.15, 0.2) is 0 Å². The van der Waals surface area contributed by atoms with Crippen LogP contribution in [0.5, 0.6) is 0 Å². The Morgan fingerprint density at radius 3 is 2.88 bits per heavy atom. The van der Waals surface area contributed by atoms with E-state index in [0.29, 0.717) is 18.1 Å². The van der Waals surface area contributed by atoms with Crippen molar-refractivity contribution in [2.24, 2.45) is 0 Å². The van der Waals surface area contributed by atoms with E-state index in [4.69, 9.17) is 0 Å². The maximum atomic E-state index is 12.2. The van der Waals surface area contributed by atoms with Crippen LogP contribution in [-0.2, 0) is 24.1 Å². The number of benzene rings is 1. The Labute approximate surface area is 139 Å². The van der Waals surface area contributed by atoms with Gasteiger partial charge in [0.25, 0.3) is 0 Å². The second-order valence-electron chi connectivity index (χ2n) is 5.90.